The summed E-state index contributed by atoms with van der Waals surface area (Å²) in [6.45, 7) is 3.14. The summed E-state index contributed by atoms with van der Waals surface area (Å²) in [7, 11) is 1.83. The largest absolute Gasteiger partial charge is 0.367 e. The van der Waals surface area contributed by atoms with E-state index in [0.29, 0.717) is 13.0 Å². The van der Waals surface area contributed by atoms with E-state index < -0.39 is 6.10 Å². The van der Waals surface area contributed by atoms with Crippen LogP contribution < -0.4 is 11.1 Å². The van der Waals surface area contributed by atoms with Gasteiger partial charge in [0, 0.05) is 6.54 Å². The highest BCUT2D eigenvalue weighted by atomic mass is 16.5. The first kappa shape index (κ1) is 10.4. The van der Waals surface area contributed by atoms with E-state index in [-0.39, 0.29) is 5.91 Å². The summed E-state index contributed by atoms with van der Waals surface area (Å²) in [6.07, 6.45) is 0.210. The molecule has 0 radical (unpaired) electrons. The lowest BCUT2D eigenvalue weighted by molar-refractivity contribution is -0.129. The van der Waals surface area contributed by atoms with Crippen molar-refractivity contribution in [2.45, 2.75) is 19.4 Å². The van der Waals surface area contributed by atoms with E-state index in [1.54, 1.807) is 0 Å². The summed E-state index contributed by atoms with van der Waals surface area (Å²) in [6, 6.07) is 0. The number of nitrogens with two attached hydrogens (primary N) is 1. The lowest BCUT2D eigenvalue weighted by Crippen LogP contribution is -2.32. The molecule has 4 nitrogen and oxygen atoms in total. The third-order valence-corrected chi connectivity index (χ3v) is 1.36. The number of rotatable bonds is 6. The topological polar surface area (TPSA) is 64.3 Å². The van der Waals surface area contributed by atoms with Crippen LogP contribution in [-0.4, -0.2) is 32.2 Å². The van der Waals surface area contributed by atoms with Crippen LogP contribution in [0, 0.1) is 0 Å². The van der Waals surface area contributed by atoms with Crippen molar-refractivity contribution in [3.63, 3.8) is 0 Å². The monoisotopic (exact) mass is 160 g/mol. The number of hydrogen-bond acceptors (Lipinski definition) is 3. The Hall–Kier alpha value is -0.610. The Balaban J connectivity index is 3.44. The Kier molecular flexibility index (Phi) is 5.78. The molecule has 11 heavy (non-hydrogen) atoms. The van der Waals surface area contributed by atoms with Crippen molar-refractivity contribution in [3.05, 3.63) is 0 Å². The number of hydrogen-bond donors (Lipinski definition) is 2. The van der Waals surface area contributed by atoms with Crippen molar-refractivity contribution >= 4 is 5.91 Å². The van der Waals surface area contributed by atoms with Crippen LogP contribution in [0.1, 0.15) is 13.3 Å². The second kappa shape index (κ2) is 6.12. The molecule has 0 saturated heterocycles. The maximum atomic E-state index is 10.6. The second-order valence-electron chi connectivity index (χ2n) is 2.27. The van der Waals surface area contributed by atoms with Gasteiger partial charge in [-0.25, -0.2) is 0 Å². The van der Waals surface area contributed by atoms with E-state index in [1.165, 1.54) is 0 Å². The second-order valence-corrected chi connectivity index (χ2v) is 2.27. The Morgan fingerprint density at radius 2 is 2.36 bits per heavy atom. The molecule has 0 heterocycles. The zero-order valence-corrected chi connectivity index (χ0v) is 7.09. The van der Waals surface area contributed by atoms with E-state index in [1.807, 2.05) is 14.0 Å². The summed E-state index contributed by atoms with van der Waals surface area (Å²) < 4.78 is 5.16. The Morgan fingerprint density at radius 3 is 2.73 bits per heavy atom. The molecule has 4 heteroatoms. The maximum Gasteiger partial charge on any atom is 0.246 e. The number of likely N-dealkylation sites (N-methyl/N-ethyl adjacent to an activating group) is 1. The number of ether oxygens (including phenoxy) is 1. The fourth-order valence-corrected chi connectivity index (χ4v) is 0.704. The number of nitrogens with one attached hydrogen (secondary N) is 1. The minimum Gasteiger partial charge on any atom is -0.367 e. The molecule has 0 rings (SSSR count). The molecule has 0 aromatic heterocycles. The first-order valence-electron chi connectivity index (χ1n) is 3.77. The molecule has 0 bridgehead atoms. The van der Waals surface area contributed by atoms with Crippen LogP contribution in [0.15, 0.2) is 0 Å². The van der Waals surface area contributed by atoms with Crippen LogP contribution in [0.3, 0.4) is 0 Å². The molecule has 0 aliphatic carbocycles. The van der Waals surface area contributed by atoms with Gasteiger partial charge in [0.05, 0.1) is 6.61 Å². The van der Waals surface area contributed by atoms with Crippen LogP contribution in [-0.2, 0) is 9.53 Å². The van der Waals surface area contributed by atoms with Crippen molar-refractivity contribution in [2.24, 2.45) is 5.73 Å². The number of carbonyl (C=O) groups excluding carboxylic acids is 1. The predicted molar refractivity (Wildman–Crippen MR) is 43.2 cm³/mol. The Bertz CT molecular complexity index is 117. The summed E-state index contributed by atoms with van der Waals surface area (Å²) in [5.41, 5.74) is 5.05. The molecule has 0 aromatic rings. The number of amides is 1. The van der Waals surface area contributed by atoms with Gasteiger partial charge in [-0.3, -0.25) is 4.79 Å². The highest BCUT2D eigenvalue weighted by Gasteiger charge is 2.11. The maximum absolute atomic E-state index is 10.6. The first-order valence-corrected chi connectivity index (χ1v) is 3.77. The van der Waals surface area contributed by atoms with Gasteiger partial charge in [0.15, 0.2) is 0 Å². The minimum absolute atomic E-state index is 0.386. The number of carbonyl (C=O) groups is 1. The van der Waals surface area contributed by atoms with E-state index in [9.17, 15) is 4.79 Å². The average Bonchev–Trinajstić information content (AvgIpc) is 1.97. The van der Waals surface area contributed by atoms with Gasteiger partial charge in [-0.1, -0.05) is 6.92 Å². The van der Waals surface area contributed by atoms with Crippen molar-refractivity contribution in [1.29, 1.82) is 0 Å². The van der Waals surface area contributed by atoms with Crippen molar-refractivity contribution in [3.8, 4) is 0 Å². The fraction of sp³-hybridized carbons (Fsp3) is 0.857. The number of primary amides is 1. The van der Waals surface area contributed by atoms with Crippen LogP contribution in [0.25, 0.3) is 0 Å². The van der Waals surface area contributed by atoms with E-state index in [0.717, 1.165) is 6.54 Å². The molecular weight excluding hydrogens is 144 g/mol. The predicted octanol–water partition coefficient (Wildman–Crippen LogP) is -0.514. The zero-order valence-electron chi connectivity index (χ0n) is 7.09. The molecule has 1 amide bonds. The third-order valence-electron chi connectivity index (χ3n) is 1.36. The summed E-state index contributed by atoms with van der Waals surface area (Å²) in [5.74, 6) is -0.386. The summed E-state index contributed by atoms with van der Waals surface area (Å²) in [5, 5.41) is 2.91. The standard InChI is InChI=1S/C7H16N2O2/c1-3-6(7(8)10)11-5-4-9-2/h6,9H,3-5H2,1-2H3,(H2,8,10). The quantitative estimate of drug-likeness (QED) is 0.514. The molecule has 0 saturated carbocycles. The first-order chi connectivity index (χ1) is 5.22. The van der Waals surface area contributed by atoms with Gasteiger partial charge in [-0.15, -0.1) is 0 Å². The van der Waals surface area contributed by atoms with Crippen LogP contribution >= 0.6 is 0 Å². The van der Waals surface area contributed by atoms with Gasteiger partial charge in [0.2, 0.25) is 5.91 Å². The van der Waals surface area contributed by atoms with E-state index in [2.05, 4.69) is 5.32 Å². The Labute approximate surface area is 67.1 Å². The van der Waals surface area contributed by atoms with Gasteiger partial charge >= 0.3 is 0 Å². The highest BCUT2D eigenvalue weighted by molar-refractivity contribution is 5.78. The van der Waals surface area contributed by atoms with Crippen molar-refractivity contribution in [2.75, 3.05) is 20.2 Å². The molecule has 0 aromatic carbocycles. The smallest absolute Gasteiger partial charge is 0.246 e. The Morgan fingerprint density at radius 1 is 1.73 bits per heavy atom. The third kappa shape index (κ3) is 4.75. The normalized spacial score (nSPS) is 12.9. The molecule has 1 atom stereocenters. The summed E-state index contributed by atoms with van der Waals surface area (Å²) >= 11 is 0. The molecule has 0 aliphatic rings. The van der Waals surface area contributed by atoms with Crippen LogP contribution in [0.4, 0.5) is 0 Å². The van der Waals surface area contributed by atoms with Crippen molar-refractivity contribution in [1.82, 2.24) is 5.32 Å². The van der Waals surface area contributed by atoms with Crippen molar-refractivity contribution < 1.29 is 9.53 Å². The molecule has 1 unspecified atom stereocenters. The molecular formula is C7H16N2O2. The fourth-order valence-electron chi connectivity index (χ4n) is 0.704. The summed E-state index contributed by atoms with van der Waals surface area (Å²) in [4.78, 5) is 10.6. The van der Waals surface area contributed by atoms with Gasteiger partial charge < -0.3 is 15.8 Å². The van der Waals surface area contributed by atoms with Gasteiger partial charge in [0.25, 0.3) is 0 Å². The van der Waals surface area contributed by atoms with E-state index in [4.69, 9.17) is 10.5 Å². The van der Waals surface area contributed by atoms with E-state index >= 15 is 0 Å². The molecule has 0 spiro atoms. The zero-order chi connectivity index (χ0) is 8.69. The average molecular weight is 160 g/mol. The van der Waals surface area contributed by atoms with Crippen LogP contribution in [0.5, 0.6) is 0 Å². The van der Waals surface area contributed by atoms with Gasteiger partial charge in [-0.05, 0) is 13.5 Å². The van der Waals surface area contributed by atoms with Crippen LogP contribution in [0.2, 0.25) is 0 Å². The molecule has 3 N–H and O–H groups in total. The highest BCUT2D eigenvalue weighted by Crippen LogP contribution is 1.95. The minimum atomic E-state index is -0.427. The molecule has 66 valence electrons. The molecule has 0 aliphatic heterocycles. The molecule has 0 fully saturated rings. The van der Waals surface area contributed by atoms with Gasteiger partial charge in [-0.2, -0.15) is 0 Å². The van der Waals surface area contributed by atoms with Gasteiger partial charge in [0.1, 0.15) is 6.10 Å². The SMILES string of the molecule is CCC(OCCNC)C(N)=O. The lowest BCUT2D eigenvalue weighted by Gasteiger charge is -2.11. The lowest BCUT2D eigenvalue weighted by atomic mass is 10.3.